The molecule has 0 radical (unpaired) electrons. The Morgan fingerprint density at radius 1 is 1.35 bits per heavy atom. The molecule has 1 aliphatic rings. The van der Waals surface area contributed by atoms with Gasteiger partial charge in [0.15, 0.2) is 10.9 Å². The number of aromatic nitrogens is 1. The van der Waals surface area contributed by atoms with Crippen LogP contribution >= 0.6 is 11.3 Å². The number of carboxylic acids is 1. The molecule has 1 aliphatic carbocycles. The summed E-state index contributed by atoms with van der Waals surface area (Å²) in [7, 11) is 1.05. The number of hydrogen-bond donors (Lipinski definition) is 2. The molecule has 1 heterocycles. The zero-order valence-corrected chi connectivity index (χ0v) is 16.0. The normalized spacial score (nSPS) is 15.2. The van der Waals surface area contributed by atoms with Crippen molar-refractivity contribution in [3.63, 3.8) is 0 Å². The number of carbonyl (C=O) groups excluding carboxylic acids is 3. The van der Waals surface area contributed by atoms with Crippen LogP contribution in [0.5, 0.6) is 0 Å². The van der Waals surface area contributed by atoms with Gasteiger partial charge in [-0.15, -0.1) is 0 Å². The van der Waals surface area contributed by atoms with E-state index in [0.29, 0.717) is 28.3 Å². The minimum absolute atomic E-state index is 0. The number of carboxylic acid groups (broad SMARTS) is 1. The number of rotatable bonds is 1. The first-order valence-electron chi connectivity index (χ1n) is 6.45. The Bertz CT molecular complexity index is 695. The minimum atomic E-state index is -1.73. The van der Waals surface area contributed by atoms with Gasteiger partial charge in [-0.25, -0.2) is 14.6 Å². The second-order valence-corrected chi connectivity index (χ2v) is 6.83. The number of anilines is 1. The van der Waals surface area contributed by atoms with Gasteiger partial charge >= 0.3 is 55.6 Å². The Hall–Kier alpha value is -1.03. The summed E-state index contributed by atoms with van der Waals surface area (Å²) in [5.41, 5.74) is 0.434. The fraction of sp³-hybridized carbons (Fsp3) is 0.462. The molecule has 0 fully saturated rings. The van der Waals surface area contributed by atoms with Gasteiger partial charge in [0.1, 0.15) is 0 Å². The molecule has 1 aromatic rings. The standard InChI is InChI=1S/C13H15N3O5S.Ca.2H/c1-13(2)4-6-8(7(17)5-13)22-11(14-6)15-12(21)16(3)9(18)10(19)20;;;/h4-5H2,1-3H3,(H,19,20)(H,14,15,21);;;/q;+2;2*-1. The van der Waals surface area contributed by atoms with E-state index in [2.05, 4.69) is 10.3 Å². The van der Waals surface area contributed by atoms with Crippen molar-refractivity contribution in [2.75, 3.05) is 12.4 Å². The molecule has 0 saturated heterocycles. The van der Waals surface area contributed by atoms with Crippen molar-refractivity contribution in [3.8, 4) is 0 Å². The zero-order valence-electron chi connectivity index (χ0n) is 15.0. The maximum absolute atomic E-state index is 12.0. The summed E-state index contributed by atoms with van der Waals surface area (Å²) < 4.78 is 0. The topological polar surface area (TPSA) is 117 Å². The minimum Gasteiger partial charge on any atom is -1.00 e. The third kappa shape index (κ3) is 4.50. The molecule has 122 valence electrons. The van der Waals surface area contributed by atoms with Gasteiger partial charge in [-0.1, -0.05) is 25.2 Å². The smallest absolute Gasteiger partial charge is 1.00 e. The van der Waals surface area contributed by atoms with E-state index in [0.717, 1.165) is 18.4 Å². The number of carbonyl (C=O) groups is 4. The Morgan fingerprint density at radius 3 is 2.52 bits per heavy atom. The number of likely N-dealkylation sites (N-methyl/N-ethyl adjacent to an activating group) is 1. The number of aliphatic carboxylic acids is 1. The van der Waals surface area contributed by atoms with Gasteiger partial charge in [-0.2, -0.15) is 0 Å². The van der Waals surface area contributed by atoms with Crippen LogP contribution < -0.4 is 5.32 Å². The molecule has 8 nitrogen and oxygen atoms in total. The molecule has 3 amide bonds. The van der Waals surface area contributed by atoms with Crippen molar-refractivity contribution < 1.29 is 27.1 Å². The predicted molar refractivity (Wildman–Crippen MR) is 85.9 cm³/mol. The van der Waals surface area contributed by atoms with Crippen LogP contribution in [0, 0.1) is 5.41 Å². The van der Waals surface area contributed by atoms with Gasteiger partial charge in [-0.3, -0.25) is 19.8 Å². The number of imide groups is 1. The summed E-state index contributed by atoms with van der Waals surface area (Å²) in [6, 6.07) is -0.912. The maximum atomic E-state index is 12.0. The van der Waals surface area contributed by atoms with E-state index in [9.17, 15) is 19.2 Å². The molecule has 10 heteroatoms. The van der Waals surface area contributed by atoms with Crippen molar-refractivity contribution in [2.45, 2.75) is 26.7 Å². The van der Waals surface area contributed by atoms with Gasteiger partial charge < -0.3 is 7.96 Å². The van der Waals surface area contributed by atoms with Gasteiger partial charge in [0.2, 0.25) is 0 Å². The molecule has 0 bridgehead atoms. The molecule has 0 aliphatic heterocycles. The van der Waals surface area contributed by atoms with E-state index in [-0.39, 0.29) is 56.9 Å². The molecule has 0 spiro atoms. The molecular formula is C13H17CaN3O5S. The van der Waals surface area contributed by atoms with E-state index in [4.69, 9.17) is 5.11 Å². The average molecular weight is 367 g/mol. The summed E-state index contributed by atoms with van der Waals surface area (Å²) in [5, 5.41) is 11.1. The molecule has 23 heavy (non-hydrogen) atoms. The Kier molecular flexibility index (Phi) is 6.31. The number of urea groups is 1. The number of nitrogens with one attached hydrogen (secondary N) is 1. The third-order valence-electron chi connectivity index (χ3n) is 3.24. The first-order chi connectivity index (χ1) is 10.1. The SMILES string of the molecule is CN(C(=O)Nc1nc2c(s1)C(=O)CC(C)(C)C2)C(=O)C(=O)O.[Ca+2].[H-].[H-]. The number of thiazole rings is 1. The van der Waals surface area contributed by atoms with Crippen LogP contribution in [0.1, 0.15) is 38.5 Å². The summed E-state index contributed by atoms with van der Waals surface area (Å²) in [4.78, 5) is 50.7. The van der Waals surface area contributed by atoms with Crippen LogP contribution in [0.2, 0.25) is 0 Å². The summed E-state index contributed by atoms with van der Waals surface area (Å²) in [5.74, 6) is -3.11. The molecule has 0 saturated carbocycles. The fourth-order valence-electron chi connectivity index (χ4n) is 2.18. The number of hydrogen-bond acceptors (Lipinski definition) is 6. The van der Waals surface area contributed by atoms with Gasteiger partial charge in [0.05, 0.1) is 10.6 Å². The molecular weight excluding hydrogens is 350 g/mol. The fourth-order valence-corrected chi connectivity index (χ4v) is 3.09. The Balaban J connectivity index is 0. The molecule has 1 aromatic heterocycles. The van der Waals surface area contributed by atoms with Crippen LogP contribution in [0.25, 0.3) is 0 Å². The average Bonchev–Trinajstić information content (AvgIpc) is 2.77. The van der Waals surface area contributed by atoms with Crippen LogP contribution in [0.15, 0.2) is 0 Å². The Morgan fingerprint density at radius 2 is 1.96 bits per heavy atom. The maximum Gasteiger partial charge on any atom is 2.00 e. The van der Waals surface area contributed by atoms with Crippen molar-refractivity contribution >= 4 is 77.9 Å². The van der Waals surface area contributed by atoms with Crippen molar-refractivity contribution in [1.29, 1.82) is 0 Å². The van der Waals surface area contributed by atoms with E-state index in [1.807, 2.05) is 13.8 Å². The van der Waals surface area contributed by atoms with E-state index in [1.165, 1.54) is 0 Å². The van der Waals surface area contributed by atoms with Crippen LogP contribution in [0.3, 0.4) is 0 Å². The van der Waals surface area contributed by atoms with Crippen molar-refractivity contribution in [3.05, 3.63) is 10.6 Å². The molecule has 2 N–H and O–H groups in total. The molecule has 0 unspecified atom stereocenters. The number of fused-ring (bicyclic) bond motifs is 1. The number of ketones is 1. The number of nitrogens with zero attached hydrogens (tertiary/aromatic N) is 2. The molecule has 2 rings (SSSR count). The second kappa shape index (κ2) is 7.25. The van der Waals surface area contributed by atoms with E-state index < -0.39 is 17.9 Å². The van der Waals surface area contributed by atoms with Crippen molar-refractivity contribution in [1.82, 2.24) is 9.88 Å². The van der Waals surface area contributed by atoms with Crippen LogP contribution in [-0.4, -0.2) is 83.5 Å². The van der Waals surface area contributed by atoms with E-state index >= 15 is 0 Å². The van der Waals surface area contributed by atoms with Gasteiger partial charge in [0.25, 0.3) is 0 Å². The largest absolute Gasteiger partial charge is 2.00 e. The van der Waals surface area contributed by atoms with Crippen molar-refractivity contribution in [2.24, 2.45) is 5.41 Å². The molecule has 0 aromatic carbocycles. The summed E-state index contributed by atoms with van der Waals surface area (Å²) in [6.07, 6.45) is 1.03. The predicted octanol–water partition coefficient (Wildman–Crippen LogP) is 1.22. The Labute approximate surface area is 169 Å². The zero-order chi connectivity index (χ0) is 16.7. The van der Waals surface area contributed by atoms with E-state index in [1.54, 1.807) is 0 Å². The van der Waals surface area contributed by atoms with Gasteiger partial charge in [-0.05, 0) is 11.8 Å². The summed E-state index contributed by atoms with van der Waals surface area (Å²) in [6.45, 7) is 3.93. The number of Topliss-reactive ketones (excluding diaryl/α,β-unsaturated/α-hetero) is 1. The second-order valence-electron chi connectivity index (χ2n) is 5.84. The monoisotopic (exact) mass is 367 g/mol. The van der Waals surface area contributed by atoms with Crippen LogP contribution in [-0.2, 0) is 16.0 Å². The first kappa shape index (κ1) is 20.0. The quantitative estimate of drug-likeness (QED) is 0.569. The summed E-state index contributed by atoms with van der Waals surface area (Å²) >= 11 is 1.03. The first-order valence-corrected chi connectivity index (χ1v) is 7.27. The third-order valence-corrected chi connectivity index (χ3v) is 4.30. The number of amides is 3. The molecule has 0 atom stereocenters. The van der Waals surface area contributed by atoms with Crippen LogP contribution in [0.4, 0.5) is 9.93 Å². The van der Waals surface area contributed by atoms with Gasteiger partial charge in [0, 0.05) is 13.5 Å².